The lowest BCUT2D eigenvalue weighted by Gasteiger charge is -2.06. The molecule has 0 bridgehead atoms. The van der Waals surface area contributed by atoms with Gasteiger partial charge in [-0.3, -0.25) is 0 Å². The number of nitrogens with zero attached hydrogens (tertiary/aromatic N) is 2. The lowest BCUT2D eigenvalue weighted by atomic mass is 10.1. The molecule has 0 saturated carbocycles. The first kappa shape index (κ1) is 15.4. The van der Waals surface area contributed by atoms with Crippen molar-refractivity contribution in [2.45, 2.75) is 31.6 Å². The van der Waals surface area contributed by atoms with E-state index in [1.54, 1.807) is 0 Å². The molecule has 2 aromatic rings. The molecule has 0 unspecified atom stereocenters. The molecule has 0 amide bonds. The smallest absolute Gasteiger partial charge is 0.220 e. The Morgan fingerprint density at radius 2 is 1.85 bits per heavy atom. The second kappa shape index (κ2) is 5.39. The summed E-state index contributed by atoms with van der Waals surface area (Å²) in [5.41, 5.74) is 2.03. The van der Waals surface area contributed by atoms with Gasteiger partial charge in [-0.2, -0.15) is 5.10 Å². The first-order chi connectivity index (χ1) is 9.23. The number of rotatable bonds is 3. The molecule has 0 saturated heterocycles. The maximum Gasteiger partial charge on any atom is 0.266 e. The minimum Gasteiger partial charge on any atom is -0.220 e. The minimum absolute atomic E-state index is 0.0120. The maximum absolute atomic E-state index is 11.7. The summed E-state index contributed by atoms with van der Waals surface area (Å²) in [5, 5.41) is 4.34. The van der Waals surface area contributed by atoms with Crippen LogP contribution in [0.1, 0.15) is 31.0 Å². The Morgan fingerprint density at radius 3 is 2.30 bits per heavy atom. The van der Waals surface area contributed by atoms with Crippen LogP contribution >= 0.6 is 22.3 Å². The Labute approximate surface area is 127 Å². The fraction of sp³-hybridized carbons (Fsp3) is 0.308. The van der Waals surface area contributed by atoms with E-state index >= 15 is 0 Å². The highest BCUT2D eigenvalue weighted by Gasteiger charge is 2.28. The average molecular weight is 333 g/mol. The molecule has 0 spiro atoms. The maximum atomic E-state index is 11.7. The molecule has 108 valence electrons. The van der Waals surface area contributed by atoms with Gasteiger partial charge in [0.1, 0.15) is 4.90 Å². The van der Waals surface area contributed by atoms with Crippen molar-refractivity contribution in [2.24, 2.45) is 0 Å². The molecule has 0 aliphatic carbocycles. The summed E-state index contributed by atoms with van der Waals surface area (Å²) < 4.78 is 24.9. The van der Waals surface area contributed by atoms with Crippen LogP contribution in [-0.2, 0) is 9.05 Å². The van der Waals surface area contributed by atoms with Crippen LogP contribution < -0.4 is 0 Å². The summed E-state index contributed by atoms with van der Waals surface area (Å²) in [6.07, 6.45) is 0. The van der Waals surface area contributed by atoms with E-state index in [-0.39, 0.29) is 16.0 Å². The van der Waals surface area contributed by atoms with Gasteiger partial charge in [0.25, 0.3) is 9.05 Å². The van der Waals surface area contributed by atoms with Crippen molar-refractivity contribution in [1.82, 2.24) is 9.78 Å². The number of aryl methyl sites for hydroxylation is 1. The van der Waals surface area contributed by atoms with E-state index in [9.17, 15) is 8.42 Å². The van der Waals surface area contributed by atoms with E-state index in [1.807, 2.05) is 45.0 Å². The second-order valence-electron chi connectivity index (χ2n) is 4.80. The number of halogens is 2. The highest BCUT2D eigenvalue weighted by Crippen LogP contribution is 2.34. The van der Waals surface area contributed by atoms with Crippen LogP contribution in [0.15, 0.2) is 29.2 Å². The molecule has 0 fully saturated rings. The zero-order chi connectivity index (χ0) is 15.1. The van der Waals surface area contributed by atoms with Crippen molar-refractivity contribution >= 4 is 31.3 Å². The first-order valence-electron chi connectivity index (χ1n) is 6.02. The van der Waals surface area contributed by atoms with Crippen LogP contribution in [0.25, 0.3) is 5.69 Å². The van der Waals surface area contributed by atoms with E-state index in [1.165, 1.54) is 4.68 Å². The number of hydrogen-bond donors (Lipinski definition) is 0. The molecule has 4 nitrogen and oxygen atoms in total. The molecular weight excluding hydrogens is 319 g/mol. The van der Waals surface area contributed by atoms with Gasteiger partial charge in [-0.25, -0.2) is 13.1 Å². The van der Waals surface area contributed by atoms with E-state index in [0.29, 0.717) is 5.69 Å². The summed E-state index contributed by atoms with van der Waals surface area (Å²) >= 11 is 6.20. The topological polar surface area (TPSA) is 52.0 Å². The van der Waals surface area contributed by atoms with E-state index in [0.717, 1.165) is 11.3 Å². The monoisotopic (exact) mass is 332 g/mol. The lowest BCUT2D eigenvalue weighted by Crippen LogP contribution is -2.00. The largest absolute Gasteiger partial charge is 0.266 e. The molecule has 1 aromatic carbocycles. The number of benzene rings is 1. The van der Waals surface area contributed by atoms with Gasteiger partial charge < -0.3 is 0 Å². The molecule has 0 atom stereocenters. The standard InChI is InChI=1S/C13H14Cl2N2O2S/c1-8(2)11-12(20(15,18)19)13(14)17(16-11)10-7-5-4-6-9(10)3/h4-8H,1-3H3. The molecule has 20 heavy (non-hydrogen) atoms. The van der Waals surface area contributed by atoms with Crippen LogP contribution in [-0.4, -0.2) is 18.2 Å². The highest BCUT2D eigenvalue weighted by atomic mass is 35.7. The molecule has 0 aliphatic rings. The number of hydrogen-bond acceptors (Lipinski definition) is 3. The molecular formula is C13H14Cl2N2O2S. The predicted octanol–water partition coefficient (Wildman–Crippen LogP) is 3.89. The molecule has 2 rings (SSSR count). The van der Waals surface area contributed by atoms with Crippen molar-refractivity contribution in [3.05, 3.63) is 40.7 Å². The fourth-order valence-corrected chi connectivity index (χ4v) is 3.88. The summed E-state index contributed by atoms with van der Waals surface area (Å²) in [5.74, 6) is -0.110. The lowest BCUT2D eigenvalue weighted by molar-refractivity contribution is 0.607. The van der Waals surface area contributed by atoms with E-state index in [4.69, 9.17) is 22.3 Å². The summed E-state index contributed by atoms with van der Waals surface area (Å²) in [7, 11) is 1.54. The molecule has 1 heterocycles. The molecule has 1 aromatic heterocycles. The molecule has 0 N–H and O–H groups in total. The van der Waals surface area contributed by atoms with Crippen LogP contribution in [0, 0.1) is 6.92 Å². The third-order valence-electron chi connectivity index (χ3n) is 2.95. The Bertz CT molecular complexity index is 752. The SMILES string of the molecule is Cc1ccccc1-n1nc(C(C)C)c(S(=O)(=O)Cl)c1Cl. The quantitative estimate of drug-likeness (QED) is 0.801. The van der Waals surface area contributed by atoms with Crippen LogP contribution in [0.4, 0.5) is 0 Å². The summed E-state index contributed by atoms with van der Waals surface area (Å²) in [6, 6.07) is 7.45. The van der Waals surface area contributed by atoms with Crippen LogP contribution in [0.3, 0.4) is 0 Å². The van der Waals surface area contributed by atoms with Crippen molar-refractivity contribution in [2.75, 3.05) is 0 Å². The zero-order valence-electron chi connectivity index (χ0n) is 11.3. The Hall–Kier alpha value is -1.04. The fourth-order valence-electron chi connectivity index (χ4n) is 1.96. The zero-order valence-corrected chi connectivity index (χ0v) is 13.6. The summed E-state index contributed by atoms with van der Waals surface area (Å²) in [4.78, 5) is -0.112. The number of para-hydroxylation sites is 1. The predicted molar refractivity (Wildman–Crippen MR) is 80.4 cm³/mol. The van der Waals surface area contributed by atoms with Gasteiger partial charge in [0.05, 0.1) is 11.4 Å². The summed E-state index contributed by atoms with van der Waals surface area (Å²) in [6.45, 7) is 5.58. The van der Waals surface area contributed by atoms with Crippen LogP contribution in [0.5, 0.6) is 0 Å². The first-order valence-corrected chi connectivity index (χ1v) is 8.71. The van der Waals surface area contributed by atoms with Gasteiger partial charge in [0.15, 0.2) is 5.15 Å². The molecule has 0 radical (unpaired) electrons. The van der Waals surface area contributed by atoms with E-state index < -0.39 is 9.05 Å². The average Bonchev–Trinajstić information content (AvgIpc) is 2.67. The van der Waals surface area contributed by atoms with Gasteiger partial charge in [-0.15, -0.1) is 0 Å². The Balaban J connectivity index is 2.79. The third-order valence-corrected chi connectivity index (χ3v) is 4.76. The molecule has 7 heteroatoms. The van der Waals surface area contributed by atoms with Gasteiger partial charge in [-0.1, -0.05) is 43.6 Å². The van der Waals surface area contributed by atoms with E-state index in [2.05, 4.69) is 5.10 Å². The third kappa shape index (κ3) is 2.71. The van der Waals surface area contributed by atoms with Gasteiger partial charge in [0.2, 0.25) is 0 Å². The minimum atomic E-state index is -3.95. The van der Waals surface area contributed by atoms with Crippen molar-refractivity contribution in [3.63, 3.8) is 0 Å². The molecule has 0 aliphatic heterocycles. The van der Waals surface area contributed by atoms with Gasteiger partial charge in [0, 0.05) is 10.7 Å². The number of aromatic nitrogens is 2. The Kier molecular flexibility index (Phi) is 4.14. The van der Waals surface area contributed by atoms with Crippen LogP contribution in [0.2, 0.25) is 5.15 Å². The van der Waals surface area contributed by atoms with Gasteiger partial charge >= 0.3 is 0 Å². The highest BCUT2D eigenvalue weighted by molar-refractivity contribution is 8.13. The van der Waals surface area contributed by atoms with Crippen molar-refractivity contribution < 1.29 is 8.42 Å². The van der Waals surface area contributed by atoms with Crippen molar-refractivity contribution in [3.8, 4) is 5.69 Å². The van der Waals surface area contributed by atoms with Crippen molar-refractivity contribution in [1.29, 1.82) is 0 Å². The second-order valence-corrected chi connectivity index (χ2v) is 7.66. The van der Waals surface area contributed by atoms with Gasteiger partial charge in [-0.05, 0) is 24.5 Å². The Morgan fingerprint density at radius 1 is 1.25 bits per heavy atom. The normalized spacial score (nSPS) is 12.1.